The lowest BCUT2D eigenvalue weighted by Gasteiger charge is -2.30. The van der Waals surface area contributed by atoms with E-state index in [1.54, 1.807) is 0 Å². The van der Waals surface area contributed by atoms with E-state index < -0.39 is 0 Å². The third-order valence-corrected chi connectivity index (χ3v) is 4.58. The van der Waals surface area contributed by atoms with Crippen LogP contribution in [0.2, 0.25) is 0 Å². The molecule has 2 atom stereocenters. The van der Waals surface area contributed by atoms with Crippen LogP contribution in [0.5, 0.6) is 0 Å². The Morgan fingerprint density at radius 1 is 1.09 bits per heavy atom. The van der Waals surface area contributed by atoms with Crippen LogP contribution in [0, 0.1) is 5.92 Å². The van der Waals surface area contributed by atoms with Gasteiger partial charge in [0.2, 0.25) is 5.91 Å². The summed E-state index contributed by atoms with van der Waals surface area (Å²) in [6.07, 6.45) is 5.93. The number of likely N-dealkylation sites (N-methyl/N-ethyl adjacent to an activating group) is 1. The highest BCUT2D eigenvalue weighted by Crippen LogP contribution is 2.14. The zero-order valence-corrected chi connectivity index (χ0v) is 16.2. The molecule has 4 nitrogen and oxygen atoms in total. The highest BCUT2D eigenvalue weighted by molar-refractivity contribution is 5.85. The van der Waals surface area contributed by atoms with Crippen LogP contribution in [-0.2, 0) is 4.79 Å². The highest BCUT2D eigenvalue weighted by atomic mass is 35.5. The van der Waals surface area contributed by atoms with Crippen LogP contribution in [0.15, 0.2) is 0 Å². The third-order valence-electron chi connectivity index (χ3n) is 4.58. The first-order chi connectivity index (χ1) is 9.43. The second kappa shape index (κ2) is 12.4. The molecule has 0 bridgehead atoms. The molecular weight excluding hydrogens is 321 g/mol. The zero-order chi connectivity index (χ0) is 15.1. The summed E-state index contributed by atoms with van der Waals surface area (Å²) in [5, 5.41) is 0. The molecule has 0 aromatic carbocycles. The summed E-state index contributed by atoms with van der Waals surface area (Å²) >= 11 is 0. The van der Waals surface area contributed by atoms with E-state index in [1.165, 1.54) is 25.7 Å². The fourth-order valence-electron chi connectivity index (χ4n) is 2.74. The van der Waals surface area contributed by atoms with E-state index in [9.17, 15) is 4.79 Å². The first-order valence-corrected chi connectivity index (χ1v) is 8.18. The van der Waals surface area contributed by atoms with Crippen molar-refractivity contribution >= 4 is 30.7 Å². The Labute approximate surface area is 149 Å². The van der Waals surface area contributed by atoms with E-state index >= 15 is 0 Å². The molecule has 1 rings (SSSR count). The molecule has 1 saturated heterocycles. The largest absolute Gasteiger partial charge is 0.344 e. The lowest BCUT2D eigenvalue weighted by atomic mass is 10.0. The van der Waals surface area contributed by atoms with Crippen LogP contribution in [-0.4, -0.2) is 54.5 Å². The van der Waals surface area contributed by atoms with Gasteiger partial charge in [-0.3, -0.25) is 9.69 Å². The van der Waals surface area contributed by atoms with Crippen molar-refractivity contribution in [2.24, 2.45) is 11.7 Å². The molecule has 1 aliphatic heterocycles. The lowest BCUT2D eigenvalue weighted by Crippen LogP contribution is -2.47. The average Bonchev–Trinajstić information content (AvgIpc) is 2.71. The maximum Gasteiger partial charge on any atom is 0.239 e. The van der Waals surface area contributed by atoms with Crippen molar-refractivity contribution < 1.29 is 4.79 Å². The monoisotopic (exact) mass is 355 g/mol. The molecule has 1 fully saturated rings. The summed E-state index contributed by atoms with van der Waals surface area (Å²) in [5.74, 6) is 0.712. The van der Waals surface area contributed by atoms with E-state index in [4.69, 9.17) is 5.73 Å². The lowest BCUT2D eigenvalue weighted by molar-refractivity contribution is -0.135. The van der Waals surface area contributed by atoms with Crippen molar-refractivity contribution in [2.75, 3.05) is 26.7 Å². The van der Waals surface area contributed by atoms with Gasteiger partial charge in [-0.25, -0.2) is 0 Å². The van der Waals surface area contributed by atoms with Gasteiger partial charge in [-0.1, -0.05) is 26.7 Å². The van der Waals surface area contributed by atoms with Gasteiger partial charge in [-0.15, -0.1) is 24.8 Å². The predicted molar refractivity (Wildman–Crippen MR) is 99.1 cm³/mol. The first-order valence-electron chi connectivity index (χ1n) is 8.18. The van der Waals surface area contributed by atoms with Gasteiger partial charge in [0.1, 0.15) is 0 Å². The van der Waals surface area contributed by atoms with Gasteiger partial charge < -0.3 is 10.6 Å². The number of nitrogens with zero attached hydrogens (tertiary/aromatic N) is 2. The molecule has 134 valence electrons. The first kappa shape index (κ1) is 24.2. The van der Waals surface area contributed by atoms with Crippen molar-refractivity contribution in [3.8, 4) is 0 Å². The number of carbonyl (C=O) groups is 1. The molecule has 1 amide bonds. The van der Waals surface area contributed by atoms with E-state index in [2.05, 4.69) is 18.7 Å². The fourth-order valence-corrected chi connectivity index (χ4v) is 2.74. The molecule has 0 aromatic heterocycles. The Morgan fingerprint density at radius 2 is 1.59 bits per heavy atom. The van der Waals surface area contributed by atoms with E-state index in [0.717, 1.165) is 26.1 Å². The van der Waals surface area contributed by atoms with Gasteiger partial charge in [0.25, 0.3) is 0 Å². The minimum atomic E-state index is 0. The molecule has 2 N–H and O–H groups in total. The van der Waals surface area contributed by atoms with Gasteiger partial charge in [0.05, 0.1) is 6.04 Å². The highest BCUT2D eigenvalue weighted by Gasteiger charge is 2.24. The van der Waals surface area contributed by atoms with Crippen molar-refractivity contribution in [2.45, 2.75) is 65.0 Å². The average molecular weight is 356 g/mol. The Bertz CT molecular complexity index is 295. The Morgan fingerprint density at radius 3 is 2.05 bits per heavy atom. The topological polar surface area (TPSA) is 49.6 Å². The number of rotatable bonds is 6. The number of amides is 1. The number of nitrogens with two attached hydrogens (primary N) is 1. The quantitative estimate of drug-likeness (QED) is 0.796. The standard InChI is InChI=1S/C16H33N3O.2ClH/c1-13(2)15(17)9-12-18(4)16(20)14(3)19-10-7-5-6-8-11-19;;/h13-15H,5-12,17H2,1-4H3;2*1H. The van der Waals surface area contributed by atoms with Crippen LogP contribution in [0.1, 0.15) is 52.9 Å². The van der Waals surface area contributed by atoms with Crippen LogP contribution in [0.25, 0.3) is 0 Å². The third kappa shape index (κ3) is 8.00. The van der Waals surface area contributed by atoms with E-state index in [-0.39, 0.29) is 42.8 Å². The second-order valence-electron chi connectivity index (χ2n) is 6.58. The summed E-state index contributed by atoms with van der Waals surface area (Å²) in [6, 6.07) is 0.187. The van der Waals surface area contributed by atoms with Crippen molar-refractivity contribution in [3.63, 3.8) is 0 Å². The van der Waals surface area contributed by atoms with E-state index in [0.29, 0.717) is 5.92 Å². The molecule has 0 radical (unpaired) electrons. The zero-order valence-electron chi connectivity index (χ0n) is 14.6. The van der Waals surface area contributed by atoms with Gasteiger partial charge in [-0.2, -0.15) is 0 Å². The molecule has 6 heteroatoms. The molecular formula is C16H35Cl2N3O. The Balaban J connectivity index is 0. The molecule has 0 aliphatic carbocycles. The molecule has 1 heterocycles. The molecule has 1 aliphatic rings. The van der Waals surface area contributed by atoms with Crippen molar-refractivity contribution in [3.05, 3.63) is 0 Å². The summed E-state index contributed by atoms with van der Waals surface area (Å²) in [6.45, 7) is 9.19. The maximum atomic E-state index is 12.5. The Kier molecular flexibility index (Phi) is 13.7. The van der Waals surface area contributed by atoms with Crippen molar-refractivity contribution in [1.82, 2.24) is 9.80 Å². The summed E-state index contributed by atoms with van der Waals surface area (Å²) in [5.41, 5.74) is 6.06. The normalized spacial score (nSPS) is 18.6. The SMILES string of the molecule is CC(C)C(N)CCN(C)C(=O)C(C)N1CCCCCC1.Cl.Cl. The molecule has 0 saturated carbocycles. The van der Waals surface area contributed by atoms with Gasteiger partial charge in [0.15, 0.2) is 0 Å². The molecule has 2 unspecified atom stereocenters. The van der Waals surface area contributed by atoms with Crippen LogP contribution < -0.4 is 5.73 Å². The minimum Gasteiger partial charge on any atom is -0.344 e. The van der Waals surface area contributed by atoms with Crippen LogP contribution in [0.4, 0.5) is 0 Å². The van der Waals surface area contributed by atoms with Crippen molar-refractivity contribution in [1.29, 1.82) is 0 Å². The number of hydrogen-bond donors (Lipinski definition) is 1. The Hall–Kier alpha value is -0.0300. The molecule has 22 heavy (non-hydrogen) atoms. The number of likely N-dealkylation sites (tertiary alicyclic amines) is 1. The van der Waals surface area contributed by atoms with Gasteiger partial charge in [0, 0.05) is 19.6 Å². The fraction of sp³-hybridized carbons (Fsp3) is 0.938. The van der Waals surface area contributed by atoms with Gasteiger partial charge in [-0.05, 0) is 45.2 Å². The number of carbonyl (C=O) groups excluding carboxylic acids is 1. The van der Waals surface area contributed by atoms with Gasteiger partial charge >= 0.3 is 0 Å². The molecule has 0 aromatic rings. The maximum absolute atomic E-state index is 12.5. The minimum absolute atomic E-state index is 0. The smallest absolute Gasteiger partial charge is 0.239 e. The number of halogens is 2. The predicted octanol–water partition coefficient (Wildman–Crippen LogP) is 2.93. The number of hydrogen-bond acceptors (Lipinski definition) is 3. The van der Waals surface area contributed by atoms with E-state index in [1.807, 2.05) is 18.9 Å². The summed E-state index contributed by atoms with van der Waals surface area (Å²) < 4.78 is 0. The summed E-state index contributed by atoms with van der Waals surface area (Å²) in [4.78, 5) is 16.7. The molecule has 0 spiro atoms. The summed E-state index contributed by atoms with van der Waals surface area (Å²) in [7, 11) is 1.91. The van der Waals surface area contributed by atoms with Crippen LogP contribution >= 0.6 is 24.8 Å². The van der Waals surface area contributed by atoms with Crippen LogP contribution in [0.3, 0.4) is 0 Å². The second-order valence-corrected chi connectivity index (χ2v) is 6.58.